The van der Waals surface area contributed by atoms with Crippen LogP contribution in [0.5, 0.6) is 5.75 Å². The minimum Gasteiger partial charge on any atom is -0.497 e. The predicted octanol–water partition coefficient (Wildman–Crippen LogP) is 0.931. The summed E-state index contributed by atoms with van der Waals surface area (Å²) in [5.74, 6) is -1.20. The number of amides is 1. The van der Waals surface area contributed by atoms with Gasteiger partial charge in [0.25, 0.3) is 0 Å². The van der Waals surface area contributed by atoms with Crippen molar-refractivity contribution in [3.63, 3.8) is 0 Å². The lowest BCUT2D eigenvalue weighted by Gasteiger charge is -2.26. The molecule has 1 atom stereocenters. The van der Waals surface area contributed by atoms with Crippen LogP contribution in [0.1, 0.15) is 18.0 Å². The molecule has 7 nitrogen and oxygen atoms in total. The maximum Gasteiger partial charge on any atom is 0.333 e. The molecule has 0 N–H and O–H groups in total. The summed E-state index contributed by atoms with van der Waals surface area (Å²) in [7, 11) is 5.38. The second-order valence-corrected chi connectivity index (χ2v) is 4.46. The molecule has 0 spiro atoms. The molecule has 1 aromatic rings. The summed E-state index contributed by atoms with van der Waals surface area (Å²) in [6.07, 6.45) is -0.448. The molecule has 0 aliphatic carbocycles. The molecular weight excluding hydrogens is 290 g/mol. The summed E-state index contributed by atoms with van der Waals surface area (Å²) in [5.41, 5.74) is 0.549. The average Bonchev–Trinajstić information content (AvgIpc) is 2.54. The van der Waals surface area contributed by atoms with Crippen molar-refractivity contribution >= 4 is 17.8 Å². The lowest BCUT2D eigenvalue weighted by atomic mass is 10.1. The summed E-state index contributed by atoms with van der Waals surface area (Å²) in [6.45, 7) is 0. The second-order valence-electron chi connectivity index (χ2n) is 4.46. The van der Waals surface area contributed by atoms with Crippen molar-refractivity contribution in [3.05, 3.63) is 29.8 Å². The molecule has 1 rings (SSSR count). The van der Waals surface area contributed by atoms with E-state index >= 15 is 0 Å². The minimum atomic E-state index is -0.951. The van der Waals surface area contributed by atoms with Gasteiger partial charge in [0.05, 0.1) is 21.3 Å². The fraction of sp³-hybridized carbons (Fsp3) is 0.400. The van der Waals surface area contributed by atoms with Crippen molar-refractivity contribution in [1.29, 1.82) is 0 Å². The third-order valence-corrected chi connectivity index (χ3v) is 3.16. The predicted molar refractivity (Wildman–Crippen MR) is 77.2 cm³/mol. The largest absolute Gasteiger partial charge is 0.497 e. The van der Waals surface area contributed by atoms with Crippen molar-refractivity contribution in [2.75, 3.05) is 28.4 Å². The Morgan fingerprint density at radius 2 is 1.64 bits per heavy atom. The van der Waals surface area contributed by atoms with Crippen LogP contribution < -0.4 is 4.74 Å². The van der Waals surface area contributed by atoms with Gasteiger partial charge in [0.15, 0.2) is 6.04 Å². The van der Waals surface area contributed by atoms with Crippen LogP contribution in [-0.2, 0) is 23.9 Å². The fourth-order valence-electron chi connectivity index (χ4n) is 1.88. The van der Waals surface area contributed by atoms with E-state index in [1.165, 1.54) is 28.4 Å². The molecule has 0 fully saturated rings. The van der Waals surface area contributed by atoms with Crippen LogP contribution in [0.4, 0.5) is 0 Å². The van der Waals surface area contributed by atoms with E-state index in [1.807, 2.05) is 0 Å². The number of carbonyl (C=O) groups excluding carboxylic acids is 3. The molecule has 1 aromatic carbocycles. The van der Waals surface area contributed by atoms with Crippen molar-refractivity contribution in [1.82, 2.24) is 4.90 Å². The van der Waals surface area contributed by atoms with Crippen LogP contribution in [0.2, 0.25) is 0 Å². The highest BCUT2D eigenvalue weighted by molar-refractivity contribution is 5.96. The minimum absolute atomic E-state index is 0.448. The van der Waals surface area contributed by atoms with Gasteiger partial charge in [-0.15, -0.1) is 0 Å². The number of benzene rings is 1. The number of carbonyl (C=O) groups is 3. The topological polar surface area (TPSA) is 82.1 Å². The van der Waals surface area contributed by atoms with E-state index in [-0.39, 0.29) is 0 Å². The molecule has 1 unspecified atom stereocenters. The molecule has 0 saturated carbocycles. The summed E-state index contributed by atoms with van der Waals surface area (Å²) in [5, 5.41) is 0. The first kappa shape index (κ1) is 17.5. The van der Waals surface area contributed by atoms with Crippen LogP contribution in [0.25, 0.3) is 0 Å². The van der Waals surface area contributed by atoms with E-state index < -0.39 is 30.3 Å². The van der Waals surface area contributed by atoms with Crippen molar-refractivity contribution < 1.29 is 28.6 Å². The summed E-state index contributed by atoms with van der Waals surface area (Å²) < 4.78 is 14.3. The Morgan fingerprint density at radius 3 is 2.09 bits per heavy atom. The molecule has 0 bridgehead atoms. The molecule has 0 aromatic heterocycles. The number of nitrogens with zero attached hydrogens (tertiary/aromatic N) is 1. The zero-order valence-corrected chi connectivity index (χ0v) is 13.0. The van der Waals surface area contributed by atoms with Gasteiger partial charge in [-0.05, 0) is 17.7 Å². The van der Waals surface area contributed by atoms with E-state index in [9.17, 15) is 14.4 Å². The van der Waals surface area contributed by atoms with Crippen LogP contribution in [0.15, 0.2) is 24.3 Å². The van der Waals surface area contributed by atoms with Gasteiger partial charge in [-0.2, -0.15) is 0 Å². The first-order valence-electron chi connectivity index (χ1n) is 6.48. The maximum absolute atomic E-state index is 12.1. The highest BCUT2D eigenvalue weighted by atomic mass is 16.5. The number of ether oxygens (including phenoxy) is 3. The molecule has 0 saturated heterocycles. The monoisotopic (exact) mass is 309 g/mol. The molecular formula is C15H19NO6. The summed E-state index contributed by atoms with van der Waals surface area (Å²) in [6, 6.07) is 5.70. The molecule has 7 heteroatoms. The normalized spacial score (nSPS) is 11.3. The van der Waals surface area contributed by atoms with Crippen LogP contribution >= 0.6 is 0 Å². The Hall–Kier alpha value is -2.57. The zero-order valence-electron chi connectivity index (χ0n) is 13.0. The standard InChI is InChI=1S/C15H19NO6/c1-16(12(17)9-13(18)21-3)14(15(19)22-4)10-5-7-11(20-2)8-6-10/h5-8,14H,9H2,1-4H3. The lowest BCUT2D eigenvalue weighted by Crippen LogP contribution is -2.37. The van der Waals surface area contributed by atoms with Gasteiger partial charge in [0, 0.05) is 7.05 Å². The van der Waals surface area contributed by atoms with Gasteiger partial charge in [-0.1, -0.05) is 12.1 Å². The lowest BCUT2D eigenvalue weighted by molar-refractivity contribution is -0.155. The molecule has 1 amide bonds. The molecule has 0 aliphatic heterocycles. The van der Waals surface area contributed by atoms with Gasteiger partial charge >= 0.3 is 11.9 Å². The molecule has 0 heterocycles. The Balaban J connectivity index is 3.03. The van der Waals surface area contributed by atoms with Gasteiger partial charge < -0.3 is 19.1 Å². The number of methoxy groups -OCH3 is 3. The first-order valence-corrected chi connectivity index (χ1v) is 6.48. The molecule has 120 valence electrons. The number of hydrogen-bond donors (Lipinski definition) is 0. The Morgan fingerprint density at radius 1 is 1.05 bits per heavy atom. The summed E-state index contributed by atoms with van der Waals surface area (Å²) >= 11 is 0. The fourth-order valence-corrected chi connectivity index (χ4v) is 1.88. The number of rotatable bonds is 6. The van der Waals surface area contributed by atoms with Gasteiger partial charge in [-0.25, -0.2) is 4.79 Å². The van der Waals surface area contributed by atoms with Crippen LogP contribution in [0.3, 0.4) is 0 Å². The van der Waals surface area contributed by atoms with E-state index in [0.717, 1.165) is 4.90 Å². The van der Waals surface area contributed by atoms with Crippen LogP contribution in [-0.4, -0.2) is 51.1 Å². The first-order chi connectivity index (χ1) is 10.4. The highest BCUT2D eigenvalue weighted by Gasteiger charge is 2.30. The highest BCUT2D eigenvalue weighted by Crippen LogP contribution is 2.24. The Labute approximate surface area is 128 Å². The van der Waals surface area contributed by atoms with Crippen molar-refractivity contribution in [2.45, 2.75) is 12.5 Å². The SMILES string of the molecule is COC(=O)CC(=O)N(C)C(C(=O)OC)c1ccc(OC)cc1. The van der Waals surface area contributed by atoms with Gasteiger partial charge in [0.2, 0.25) is 5.91 Å². The number of esters is 2. The quantitative estimate of drug-likeness (QED) is 0.574. The van der Waals surface area contributed by atoms with E-state index in [4.69, 9.17) is 9.47 Å². The number of hydrogen-bond acceptors (Lipinski definition) is 6. The Bertz CT molecular complexity index is 539. The van der Waals surface area contributed by atoms with Crippen LogP contribution in [0, 0.1) is 0 Å². The van der Waals surface area contributed by atoms with E-state index in [2.05, 4.69) is 4.74 Å². The van der Waals surface area contributed by atoms with Gasteiger partial charge in [0.1, 0.15) is 12.2 Å². The van der Waals surface area contributed by atoms with E-state index in [1.54, 1.807) is 24.3 Å². The smallest absolute Gasteiger partial charge is 0.333 e. The third kappa shape index (κ3) is 4.21. The summed E-state index contributed by atoms with van der Waals surface area (Å²) in [4.78, 5) is 36.4. The van der Waals surface area contributed by atoms with E-state index in [0.29, 0.717) is 11.3 Å². The molecule has 0 radical (unpaired) electrons. The maximum atomic E-state index is 12.1. The van der Waals surface area contributed by atoms with Crippen molar-refractivity contribution in [3.8, 4) is 5.75 Å². The second kappa shape index (κ2) is 8.02. The Kier molecular flexibility index (Phi) is 6.37. The third-order valence-electron chi connectivity index (χ3n) is 3.16. The van der Waals surface area contributed by atoms with Crippen molar-refractivity contribution in [2.24, 2.45) is 0 Å². The molecule has 22 heavy (non-hydrogen) atoms. The zero-order chi connectivity index (χ0) is 16.7. The van der Waals surface area contributed by atoms with Gasteiger partial charge in [-0.3, -0.25) is 9.59 Å². The molecule has 0 aliphatic rings. The average molecular weight is 309 g/mol. The number of likely N-dealkylation sites (N-methyl/N-ethyl adjacent to an activating group) is 1.